The van der Waals surface area contributed by atoms with Gasteiger partial charge in [-0.05, 0) is 169 Å². The highest BCUT2D eigenvalue weighted by atomic mass is 32.1. The molecule has 316 valence electrons. The Labute approximate surface area is 395 Å². The zero-order valence-corrected chi connectivity index (χ0v) is 39.1. The lowest BCUT2D eigenvalue weighted by atomic mass is 9.70. The van der Waals surface area contributed by atoms with Gasteiger partial charge in [0.15, 0.2) is 0 Å². The van der Waals surface area contributed by atoms with Gasteiger partial charge >= 0.3 is 0 Å². The molecule has 0 aliphatic heterocycles. The van der Waals surface area contributed by atoms with Crippen LogP contribution in [0.4, 0.5) is 0 Å². The Hall–Kier alpha value is -7.32. The fourth-order valence-corrected chi connectivity index (χ4v) is 14.3. The second-order valence-electron chi connectivity index (χ2n) is 21.2. The van der Waals surface area contributed by atoms with E-state index in [1.165, 1.54) is 147 Å². The molecule has 11 aromatic carbocycles. The van der Waals surface area contributed by atoms with Crippen molar-refractivity contribution in [1.82, 2.24) is 0 Å². The summed E-state index contributed by atoms with van der Waals surface area (Å²) in [5, 5.41) is 10.8. The molecule has 0 unspecified atom stereocenters. The summed E-state index contributed by atoms with van der Waals surface area (Å²) in [6, 6.07) is 73.1. The largest absolute Gasteiger partial charge is 0.135 e. The number of fused-ring (bicyclic) bond motifs is 17. The molecular formula is C66H46S. The molecule has 3 aliphatic carbocycles. The van der Waals surface area contributed by atoms with E-state index in [1.807, 2.05) is 11.3 Å². The minimum Gasteiger partial charge on any atom is -0.135 e. The van der Waals surface area contributed by atoms with Crippen LogP contribution < -0.4 is 0 Å². The van der Waals surface area contributed by atoms with Gasteiger partial charge < -0.3 is 0 Å². The van der Waals surface area contributed by atoms with Gasteiger partial charge in [0.1, 0.15) is 0 Å². The number of thiophene rings is 1. The Morgan fingerprint density at radius 2 is 0.851 bits per heavy atom. The van der Waals surface area contributed by atoms with E-state index in [2.05, 4.69) is 223 Å². The van der Waals surface area contributed by atoms with Crippen LogP contribution >= 0.6 is 11.3 Å². The molecule has 0 N–H and O–H groups in total. The van der Waals surface area contributed by atoms with Crippen molar-refractivity contribution in [2.24, 2.45) is 0 Å². The fraction of sp³-hybridized carbons (Fsp3) is 0.121. The van der Waals surface area contributed by atoms with Gasteiger partial charge in [-0.2, -0.15) is 0 Å². The van der Waals surface area contributed by atoms with Gasteiger partial charge in [0.2, 0.25) is 0 Å². The number of hydrogen-bond acceptors (Lipinski definition) is 1. The molecule has 1 aromatic heterocycles. The van der Waals surface area contributed by atoms with E-state index >= 15 is 0 Å². The van der Waals surface area contributed by atoms with Crippen LogP contribution in [0.15, 0.2) is 188 Å². The second-order valence-corrected chi connectivity index (χ2v) is 22.3. The van der Waals surface area contributed by atoms with Crippen LogP contribution in [0.1, 0.15) is 73.6 Å². The van der Waals surface area contributed by atoms with Gasteiger partial charge in [0.05, 0.1) is 5.41 Å². The Morgan fingerprint density at radius 1 is 0.358 bits per heavy atom. The van der Waals surface area contributed by atoms with Crippen molar-refractivity contribution in [3.63, 3.8) is 0 Å². The summed E-state index contributed by atoms with van der Waals surface area (Å²) in [6.07, 6.45) is 0. The summed E-state index contributed by atoms with van der Waals surface area (Å²) < 4.78 is 2.67. The van der Waals surface area contributed by atoms with Crippen LogP contribution in [0, 0.1) is 0 Å². The molecule has 0 bridgehead atoms. The SMILES string of the molecule is CC(C)(C)c1cc2ccc3cc4c(c5ccc(c1)c2c35)-c1ccc(-c2ccc3c(c2)C2(c5ccccc5-c5ccccc52)c2cc(-c5ccc6c(c5)sc5ccccc56)ccc2-3)cc1C4(C)C. The molecule has 0 radical (unpaired) electrons. The molecule has 0 atom stereocenters. The predicted molar refractivity (Wildman–Crippen MR) is 286 cm³/mol. The molecule has 12 aromatic rings. The minimum absolute atomic E-state index is 0.0852. The summed E-state index contributed by atoms with van der Waals surface area (Å²) >= 11 is 1.89. The molecule has 0 nitrogen and oxygen atoms in total. The van der Waals surface area contributed by atoms with Crippen LogP contribution in [0.5, 0.6) is 0 Å². The van der Waals surface area contributed by atoms with Gasteiger partial charge in [-0.1, -0.05) is 186 Å². The van der Waals surface area contributed by atoms with Crippen LogP contribution in [-0.2, 0) is 16.2 Å². The maximum Gasteiger partial charge on any atom is 0.0725 e. The molecule has 0 saturated heterocycles. The molecular weight excluding hydrogens is 825 g/mol. The Morgan fingerprint density at radius 3 is 1.51 bits per heavy atom. The van der Waals surface area contributed by atoms with Crippen LogP contribution in [0.25, 0.3) is 108 Å². The summed E-state index contributed by atoms with van der Waals surface area (Å²) in [4.78, 5) is 0. The quantitative estimate of drug-likeness (QED) is 0.152. The van der Waals surface area contributed by atoms with Crippen molar-refractivity contribution in [2.45, 2.75) is 50.9 Å². The van der Waals surface area contributed by atoms with Gasteiger partial charge in [-0.25, -0.2) is 0 Å². The summed E-state index contributed by atoms with van der Waals surface area (Å²) in [5.41, 5.74) is 22.3. The lowest BCUT2D eigenvalue weighted by Gasteiger charge is -2.31. The summed E-state index contributed by atoms with van der Waals surface area (Å²) in [5.74, 6) is 0. The lowest BCUT2D eigenvalue weighted by molar-refractivity contribution is 0.591. The van der Waals surface area contributed by atoms with Gasteiger partial charge in [0, 0.05) is 25.6 Å². The third-order valence-corrected chi connectivity index (χ3v) is 17.5. The van der Waals surface area contributed by atoms with Crippen molar-refractivity contribution in [1.29, 1.82) is 0 Å². The topological polar surface area (TPSA) is 0 Å². The highest BCUT2D eigenvalue weighted by Crippen LogP contribution is 2.64. The van der Waals surface area contributed by atoms with E-state index in [-0.39, 0.29) is 10.8 Å². The van der Waals surface area contributed by atoms with Crippen molar-refractivity contribution in [2.75, 3.05) is 0 Å². The molecule has 0 fully saturated rings. The first-order valence-corrected chi connectivity index (χ1v) is 24.7. The molecule has 3 aliphatic rings. The predicted octanol–water partition coefficient (Wildman–Crippen LogP) is 18.2. The van der Waals surface area contributed by atoms with Crippen molar-refractivity contribution in [3.05, 3.63) is 227 Å². The molecule has 1 heteroatoms. The van der Waals surface area contributed by atoms with Gasteiger partial charge in [0.25, 0.3) is 0 Å². The average molecular weight is 871 g/mol. The Balaban J connectivity index is 0.910. The maximum absolute atomic E-state index is 2.55. The first-order valence-electron chi connectivity index (χ1n) is 23.9. The number of rotatable bonds is 2. The highest BCUT2D eigenvalue weighted by Gasteiger charge is 2.52. The molecule has 1 heterocycles. The molecule has 0 saturated carbocycles. The minimum atomic E-state index is -0.456. The third-order valence-electron chi connectivity index (χ3n) is 16.4. The number of benzene rings is 11. The van der Waals surface area contributed by atoms with Crippen LogP contribution in [-0.4, -0.2) is 0 Å². The van der Waals surface area contributed by atoms with E-state index in [0.717, 1.165) is 0 Å². The van der Waals surface area contributed by atoms with E-state index < -0.39 is 5.41 Å². The van der Waals surface area contributed by atoms with E-state index in [9.17, 15) is 0 Å². The lowest BCUT2D eigenvalue weighted by Crippen LogP contribution is -2.26. The first kappa shape index (κ1) is 37.9. The van der Waals surface area contributed by atoms with Crippen LogP contribution in [0.2, 0.25) is 0 Å². The summed E-state index contributed by atoms with van der Waals surface area (Å²) in [6.45, 7) is 11.8. The molecule has 67 heavy (non-hydrogen) atoms. The Bertz CT molecular complexity index is 4100. The van der Waals surface area contributed by atoms with Crippen molar-refractivity contribution >= 4 is 63.8 Å². The van der Waals surface area contributed by atoms with Gasteiger partial charge in [-0.3, -0.25) is 0 Å². The van der Waals surface area contributed by atoms with E-state index in [1.54, 1.807) is 0 Å². The second kappa shape index (κ2) is 12.8. The highest BCUT2D eigenvalue weighted by molar-refractivity contribution is 7.25. The van der Waals surface area contributed by atoms with Crippen LogP contribution in [0.3, 0.4) is 0 Å². The van der Waals surface area contributed by atoms with Crippen molar-refractivity contribution in [3.8, 4) is 55.6 Å². The van der Waals surface area contributed by atoms with Crippen molar-refractivity contribution < 1.29 is 0 Å². The molecule has 15 rings (SSSR count). The smallest absolute Gasteiger partial charge is 0.0725 e. The number of hydrogen-bond donors (Lipinski definition) is 0. The summed E-state index contributed by atoms with van der Waals surface area (Å²) in [7, 11) is 0. The monoisotopic (exact) mass is 870 g/mol. The zero-order chi connectivity index (χ0) is 44.7. The molecule has 0 amide bonds. The normalized spacial score (nSPS) is 14.9. The third kappa shape index (κ3) is 4.82. The van der Waals surface area contributed by atoms with Gasteiger partial charge in [-0.15, -0.1) is 11.3 Å². The molecule has 1 spiro atoms. The van der Waals surface area contributed by atoms with E-state index in [0.29, 0.717) is 0 Å². The average Bonchev–Trinajstić information content (AvgIpc) is 4.03. The fourth-order valence-electron chi connectivity index (χ4n) is 13.1. The maximum atomic E-state index is 2.55. The van der Waals surface area contributed by atoms with E-state index in [4.69, 9.17) is 0 Å². The first-order chi connectivity index (χ1) is 32.6. The standard InChI is InChI=1S/C66H46S/c1-64(2,3)44-30-41-18-19-43-35-58-63(52-29-24-42(31-44)61(41)62(43)52)51-28-23-37(32-55(51)65(58,4)5)38-20-25-47-48-26-21-39(40-22-27-50-49-14-8-11-17-59(49)67-60(50)36-40)34-57(48)66(56(47)33-38)53-15-9-6-12-45(53)46-13-7-10-16-54(46)66/h6-36H,1-5H3. The Kier molecular flexibility index (Phi) is 7.21. The zero-order valence-electron chi connectivity index (χ0n) is 38.3.